The Morgan fingerprint density at radius 3 is 2.62 bits per heavy atom. The Morgan fingerprint density at radius 2 is 2.25 bits per heavy atom. The lowest BCUT2D eigenvalue weighted by atomic mass is 10.8. The van der Waals surface area contributed by atoms with E-state index in [1.54, 1.807) is 0 Å². The summed E-state index contributed by atoms with van der Waals surface area (Å²) in [6, 6.07) is 0. The zero-order valence-corrected chi connectivity index (χ0v) is 4.63. The van der Waals surface area contributed by atoms with E-state index in [1.807, 2.05) is 0 Å². The predicted molar refractivity (Wildman–Crippen MR) is 29.2 cm³/mol. The van der Waals surface area contributed by atoms with Gasteiger partial charge in [0.25, 0.3) is 0 Å². The molecule has 0 saturated carbocycles. The van der Waals surface area contributed by atoms with Crippen LogP contribution in [0.3, 0.4) is 0 Å². The molecule has 0 saturated heterocycles. The van der Waals surface area contributed by atoms with Gasteiger partial charge in [-0.3, -0.25) is 0 Å². The molecule has 2 N–H and O–H groups in total. The van der Waals surface area contributed by atoms with E-state index in [4.69, 9.17) is 17.3 Å². The van der Waals surface area contributed by atoms with E-state index < -0.39 is 0 Å². The van der Waals surface area contributed by atoms with Crippen LogP contribution < -0.4 is 5.73 Å². The Bertz CT molecular complexity index is 150. The fourth-order valence-corrected chi connectivity index (χ4v) is 0.357. The molecule has 0 fully saturated rings. The summed E-state index contributed by atoms with van der Waals surface area (Å²) in [5.74, 6) is 0.273. The monoisotopic (exact) mass is 130 g/mol. The van der Waals surface area contributed by atoms with Gasteiger partial charge in [0.2, 0.25) is 5.28 Å². The average molecular weight is 131 g/mol. The second-order valence-electron chi connectivity index (χ2n) is 1.15. The van der Waals surface area contributed by atoms with Crippen molar-refractivity contribution in [2.24, 2.45) is 0 Å². The molecule has 5 heteroatoms. The summed E-state index contributed by atoms with van der Waals surface area (Å²) < 4.78 is 0. The quantitative estimate of drug-likeness (QED) is 0.541. The fourth-order valence-electron chi connectivity index (χ4n) is 0.270. The summed E-state index contributed by atoms with van der Waals surface area (Å²) in [5.41, 5.74) is 5.13. The van der Waals surface area contributed by atoms with Crippen molar-refractivity contribution >= 4 is 17.4 Å². The summed E-state index contributed by atoms with van der Waals surface area (Å²) in [4.78, 5) is 3.55. The SMILES string of the molecule is Nc1cnc(Cl)nn1. The van der Waals surface area contributed by atoms with E-state index in [0.29, 0.717) is 0 Å². The first-order valence-electron chi connectivity index (χ1n) is 1.90. The van der Waals surface area contributed by atoms with Crippen LogP contribution in [0, 0.1) is 0 Å². The van der Waals surface area contributed by atoms with Gasteiger partial charge in [-0.25, -0.2) is 4.98 Å². The van der Waals surface area contributed by atoms with Gasteiger partial charge in [-0.2, -0.15) is 0 Å². The zero-order valence-electron chi connectivity index (χ0n) is 3.87. The predicted octanol–water partition coefficient (Wildman–Crippen LogP) is 0.107. The maximum Gasteiger partial charge on any atom is 0.243 e. The zero-order chi connectivity index (χ0) is 5.98. The van der Waals surface area contributed by atoms with Gasteiger partial charge >= 0.3 is 0 Å². The summed E-state index contributed by atoms with van der Waals surface area (Å²) in [6.07, 6.45) is 1.34. The lowest BCUT2D eigenvalue weighted by Crippen LogP contribution is -1.93. The third kappa shape index (κ3) is 1.04. The van der Waals surface area contributed by atoms with Crippen LogP contribution in [-0.4, -0.2) is 15.2 Å². The molecule has 0 aliphatic rings. The molecule has 0 spiro atoms. The molecule has 0 aliphatic heterocycles. The normalized spacial score (nSPS) is 9.12. The first-order chi connectivity index (χ1) is 3.79. The van der Waals surface area contributed by atoms with Crippen molar-refractivity contribution in [3.8, 4) is 0 Å². The molecule has 0 bridgehead atoms. The van der Waals surface area contributed by atoms with Crippen LogP contribution in [0.25, 0.3) is 0 Å². The molecule has 0 unspecified atom stereocenters. The number of rotatable bonds is 0. The topological polar surface area (TPSA) is 64.7 Å². The van der Waals surface area contributed by atoms with Crippen LogP contribution in [0.4, 0.5) is 5.82 Å². The molecule has 0 atom stereocenters. The minimum Gasteiger partial charge on any atom is -0.381 e. The number of nitrogens with zero attached hydrogens (tertiary/aromatic N) is 3. The highest BCUT2D eigenvalue weighted by atomic mass is 35.5. The molecule has 0 amide bonds. The third-order valence-electron chi connectivity index (χ3n) is 0.551. The first kappa shape index (κ1) is 5.24. The van der Waals surface area contributed by atoms with E-state index >= 15 is 0 Å². The maximum absolute atomic E-state index is 5.27. The van der Waals surface area contributed by atoms with E-state index in [2.05, 4.69) is 15.2 Å². The Kier molecular flexibility index (Phi) is 1.26. The molecule has 8 heavy (non-hydrogen) atoms. The molecule has 4 nitrogen and oxygen atoms in total. The number of nitrogen functional groups attached to an aromatic ring is 1. The van der Waals surface area contributed by atoms with E-state index in [0.717, 1.165) is 0 Å². The molecule has 1 aromatic rings. The van der Waals surface area contributed by atoms with Gasteiger partial charge in [0, 0.05) is 0 Å². The molecule has 1 rings (SSSR count). The summed E-state index contributed by atoms with van der Waals surface area (Å²) >= 11 is 5.27. The van der Waals surface area contributed by atoms with Gasteiger partial charge in [-0.15, -0.1) is 10.2 Å². The highest BCUT2D eigenvalue weighted by molar-refractivity contribution is 6.28. The van der Waals surface area contributed by atoms with E-state index in [-0.39, 0.29) is 11.1 Å². The summed E-state index contributed by atoms with van der Waals surface area (Å²) in [5, 5.41) is 6.88. The molecule has 1 aromatic heterocycles. The second kappa shape index (κ2) is 1.92. The molecule has 0 aliphatic carbocycles. The highest BCUT2D eigenvalue weighted by Gasteiger charge is 1.87. The van der Waals surface area contributed by atoms with Crippen molar-refractivity contribution < 1.29 is 0 Å². The lowest BCUT2D eigenvalue weighted by Gasteiger charge is -1.85. The number of nitrogens with two attached hydrogens (primary N) is 1. The second-order valence-corrected chi connectivity index (χ2v) is 1.49. The molecule has 1 heterocycles. The van der Waals surface area contributed by atoms with Crippen molar-refractivity contribution in [1.29, 1.82) is 0 Å². The first-order valence-corrected chi connectivity index (χ1v) is 2.27. The van der Waals surface area contributed by atoms with Gasteiger partial charge < -0.3 is 5.73 Å². The highest BCUT2D eigenvalue weighted by Crippen LogP contribution is 1.95. The third-order valence-corrected chi connectivity index (χ3v) is 0.725. The Labute approximate surface area is 50.7 Å². The fraction of sp³-hybridized carbons (Fsp3) is 0. The van der Waals surface area contributed by atoms with E-state index in [9.17, 15) is 0 Å². The van der Waals surface area contributed by atoms with Crippen LogP contribution in [0.5, 0.6) is 0 Å². The molecular weight excluding hydrogens is 128 g/mol. The van der Waals surface area contributed by atoms with Crippen molar-refractivity contribution in [2.45, 2.75) is 0 Å². The number of aromatic nitrogens is 3. The van der Waals surface area contributed by atoms with E-state index in [1.165, 1.54) is 6.20 Å². The number of halogens is 1. The number of hydrogen-bond donors (Lipinski definition) is 1. The molecular formula is C3H3ClN4. The van der Waals surface area contributed by atoms with Gasteiger partial charge in [0.15, 0.2) is 5.82 Å². The van der Waals surface area contributed by atoms with Crippen molar-refractivity contribution in [2.75, 3.05) is 5.73 Å². The Balaban J connectivity index is 3.03. The maximum atomic E-state index is 5.27. The average Bonchev–Trinajstić information content (AvgIpc) is 1.77. The Morgan fingerprint density at radius 1 is 1.50 bits per heavy atom. The summed E-state index contributed by atoms with van der Waals surface area (Å²) in [6.45, 7) is 0. The van der Waals surface area contributed by atoms with Gasteiger partial charge in [-0.05, 0) is 11.6 Å². The number of hydrogen-bond acceptors (Lipinski definition) is 4. The largest absolute Gasteiger partial charge is 0.381 e. The van der Waals surface area contributed by atoms with Crippen LogP contribution in [0.15, 0.2) is 6.20 Å². The van der Waals surface area contributed by atoms with Crippen LogP contribution in [-0.2, 0) is 0 Å². The summed E-state index contributed by atoms with van der Waals surface area (Å²) in [7, 11) is 0. The molecule has 0 radical (unpaired) electrons. The van der Waals surface area contributed by atoms with Crippen molar-refractivity contribution in [3.05, 3.63) is 11.5 Å². The van der Waals surface area contributed by atoms with Gasteiger partial charge in [0.1, 0.15) is 0 Å². The van der Waals surface area contributed by atoms with Crippen LogP contribution >= 0.6 is 11.6 Å². The molecule has 42 valence electrons. The van der Waals surface area contributed by atoms with Crippen molar-refractivity contribution in [1.82, 2.24) is 15.2 Å². The lowest BCUT2D eigenvalue weighted by molar-refractivity contribution is 0.981. The van der Waals surface area contributed by atoms with Gasteiger partial charge in [0.05, 0.1) is 6.20 Å². The number of anilines is 1. The smallest absolute Gasteiger partial charge is 0.243 e. The van der Waals surface area contributed by atoms with Crippen molar-refractivity contribution in [3.63, 3.8) is 0 Å². The Hall–Kier alpha value is -0.900. The standard InChI is InChI=1S/C3H3ClN4/c4-3-6-1-2(5)7-8-3/h1H,(H2,5,7). The van der Waals surface area contributed by atoms with Crippen LogP contribution in [0.2, 0.25) is 5.28 Å². The van der Waals surface area contributed by atoms with Gasteiger partial charge in [-0.1, -0.05) is 0 Å². The minimum absolute atomic E-state index is 0.110. The molecule has 0 aromatic carbocycles. The van der Waals surface area contributed by atoms with Crippen LogP contribution in [0.1, 0.15) is 0 Å². The minimum atomic E-state index is 0.110.